The fourth-order valence-electron chi connectivity index (χ4n) is 2.24. The second-order valence-electron chi connectivity index (χ2n) is 4.73. The number of aromatic hydroxyl groups is 1. The molecule has 6 nitrogen and oxygen atoms in total. The highest BCUT2D eigenvalue weighted by atomic mass is 16.5. The van der Waals surface area contributed by atoms with Gasteiger partial charge < -0.3 is 19.0 Å². The lowest BCUT2D eigenvalue weighted by atomic mass is 10.00. The Balaban J connectivity index is 2.64. The first-order valence-corrected chi connectivity index (χ1v) is 7.26. The molecule has 1 aromatic heterocycles. The molecule has 0 spiro atoms. The minimum absolute atomic E-state index is 0.0573. The van der Waals surface area contributed by atoms with Crippen molar-refractivity contribution < 1.29 is 28.6 Å². The van der Waals surface area contributed by atoms with Crippen molar-refractivity contribution in [3.05, 3.63) is 41.3 Å². The van der Waals surface area contributed by atoms with Gasteiger partial charge in [-0.25, -0.2) is 9.59 Å². The number of benzene rings is 1. The lowest BCUT2D eigenvalue weighted by Gasteiger charge is -2.06. The van der Waals surface area contributed by atoms with Gasteiger partial charge in [0.05, 0.1) is 18.8 Å². The molecule has 0 atom stereocenters. The molecule has 6 heteroatoms. The Kier molecular flexibility index (Phi) is 5.05. The van der Waals surface area contributed by atoms with Crippen LogP contribution in [-0.4, -0.2) is 30.3 Å². The van der Waals surface area contributed by atoms with Crippen LogP contribution in [0.25, 0.3) is 11.1 Å². The summed E-state index contributed by atoms with van der Waals surface area (Å²) in [6, 6.07) is 6.10. The molecular formula is C17H18O6. The van der Waals surface area contributed by atoms with Crippen molar-refractivity contribution in [3.8, 4) is 16.9 Å². The molecule has 0 aliphatic rings. The molecule has 0 radical (unpaired) electrons. The lowest BCUT2D eigenvalue weighted by Crippen LogP contribution is -2.09. The molecule has 0 bridgehead atoms. The van der Waals surface area contributed by atoms with Crippen molar-refractivity contribution >= 4 is 11.9 Å². The molecular weight excluding hydrogens is 300 g/mol. The number of hydrogen-bond acceptors (Lipinski definition) is 6. The highest BCUT2D eigenvalue weighted by Gasteiger charge is 2.29. The van der Waals surface area contributed by atoms with Crippen LogP contribution in [0.4, 0.5) is 0 Å². The number of esters is 2. The van der Waals surface area contributed by atoms with E-state index in [1.165, 1.54) is 12.1 Å². The van der Waals surface area contributed by atoms with Gasteiger partial charge in [0.2, 0.25) is 5.76 Å². The third-order valence-electron chi connectivity index (χ3n) is 3.18. The van der Waals surface area contributed by atoms with Crippen LogP contribution in [0.3, 0.4) is 0 Å². The van der Waals surface area contributed by atoms with E-state index in [9.17, 15) is 14.7 Å². The number of carbonyl (C=O) groups excluding carboxylic acids is 2. The maximum Gasteiger partial charge on any atom is 0.374 e. The fourth-order valence-corrected chi connectivity index (χ4v) is 2.24. The van der Waals surface area contributed by atoms with E-state index in [1.807, 2.05) is 0 Å². The summed E-state index contributed by atoms with van der Waals surface area (Å²) < 4.78 is 15.5. The maximum atomic E-state index is 12.2. The van der Waals surface area contributed by atoms with E-state index < -0.39 is 11.9 Å². The third kappa shape index (κ3) is 3.36. The lowest BCUT2D eigenvalue weighted by molar-refractivity contribution is 0.0486. The molecule has 0 fully saturated rings. The molecule has 0 aliphatic heterocycles. The van der Waals surface area contributed by atoms with Crippen LogP contribution >= 0.6 is 0 Å². The standard InChI is InChI=1S/C17H18O6/c1-4-21-16(19)13-10(3)23-15(17(20)22-5-2)14(13)11-6-8-12(18)9-7-11/h6-9,18H,4-5H2,1-3H3. The molecule has 0 aliphatic carbocycles. The minimum atomic E-state index is -0.658. The fraction of sp³-hybridized carbons (Fsp3) is 0.294. The van der Waals surface area contributed by atoms with Crippen LogP contribution in [0.1, 0.15) is 40.5 Å². The average Bonchev–Trinajstić information content (AvgIpc) is 2.86. The number of carbonyl (C=O) groups is 2. The first-order valence-electron chi connectivity index (χ1n) is 7.26. The number of hydrogen-bond donors (Lipinski definition) is 1. The predicted octanol–water partition coefficient (Wildman–Crippen LogP) is 3.31. The average molecular weight is 318 g/mol. The Morgan fingerprint density at radius 2 is 1.61 bits per heavy atom. The summed E-state index contributed by atoms with van der Waals surface area (Å²) in [5.74, 6) is -0.946. The third-order valence-corrected chi connectivity index (χ3v) is 3.18. The minimum Gasteiger partial charge on any atom is -0.508 e. The second-order valence-corrected chi connectivity index (χ2v) is 4.73. The van der Waals surface area contributed by atoms with Crippen molar-refractivity contribution in [2.45, 2.75) is 20.8 Å². The van der Waals surface area contributed by atoms with E-state index in [2.05, 4.69) is 0 Å². The topological polar surface area (TPSA) is 86.0 Å². The zero-order chi connectivity index (χ0) is 17.0. The maximum absolute atomic E-state index is 12.2. The first kappa shape index (κ1) is 16.6. The van der Waals surface area contributed by atoms with E-state index in [4.69, 9.17) is 13.9 Å². The van der Waals surface area contributed by atoms with Crippen LogP contribution in [0.5, 0.6) is 5.75 Å². The molecule has 2 aromatic rings. The van der Waals surface area contributed by atoms with Gasteiger partial charge in [0.25, 0.3) is 0 Å². The monoisotopic (exact) mass is 318 g/mol. The van der Waals surface area contributed by atoms with Crippen LogP contribution in [0.15, 0.2) is 28.7 Å². The molecule has 1 N–H and O–H groups in total. The largest absolute Gasteiger partial charge is 0.508 e. The van der Waals surface area contributed by atoms with Gasteiger partial charge in [-0.1, -0.05) is 12.1 Å². The number of rotatable bonds is 5. The molecule has 0 saturated heterocycles. The Morgan fingerprint density at radius 1 is 1.04 bits per heavy atom. The Bertz CT molecular complexity index is 711. The van der Waals surface area contributed by atoms with Gasteiger partial charge in [0.15, 0.2) is 0 Å². The second kappa shape index (κ2) is 7.00. The van der Waals surface area contributed by atoms with Crippen molar-refractivity contribution in [3.63, 3.8) is 0 Å². The summed E-state index contributed by atoms with van der Waals surface area (Å²) in [4.78, 5) is 24.4. The first-order chi connectivity index (χ1) is 11.0. The van der Waals surface area contributed by atoms with Crippen molar-refractivity contribution in [1.29, 1.82) is 0 Å². The number of phenols is 1. The number of phenolic OH excluding ortho intramolecular Hbond substituents is 1. The zero-order valence-corrected chi connectivity index (χ0v) is 13.2. The van der Waals surface area contributed by atoms with Gasteiger partial charge in [0, 0.05) is 0 Å². The number of ether oxygens (including phenoxy) is 2. The summed E-state index contributed by atoms with van der Waals surface area (Å²) in [5, 5.41) is 9.43. The van der Waals surface area contributed by atoms with E-state index in [1.54, 1.807) is 32.9 Å². The van der Waals surface area contributed by atoms with Crippen LogP contribution in [0.2, 0.25) is 0 Å². The van der Waals surface area contributed by atoms with Gasteiger partial charge >= 0.3 is 11.9 Å². The highest BCUT2D eigenvalue weighted by Crippen LogP contribution is 2.34. The molecule has 0 unspecified atom stereocenters. The normalized spacial score (nSPS) is 10.4. The Hall–Kier alpha value is -2.76. The zero-order valence-electron chi connectivity index (χ0n) is 13.2. The highest BCUT2D eigenvalue weighted by molar-refractivity contribution is 6.05. The van der Waals surface area contributed by atoms with Gasteiger partial charge in [0.1, 0.15) is 17.1 Å². The van der Waals surface area contributed by atoms with Crippen LogP contribution in [0, 0.1) is 6.92 Å². The predicted molar refractivity (Wildman–Crippen MR) is 82.5 cm³/mol. The summed E-state index contributed by atoms with van der Waals surface area (Å²) in [6.45, 7) is 5.34. The molecule has 0 amide bonds. The van der Waals surface area contributed by atoms with E-state index in [0.717, 1.165) is 0 Å². The Morgan fingerprint density at radius 3 is 2.17 bits per heavy atom. The molecule has 1 aromatic carbocycles. The van der Waals surface area contributed by atoms with E-state index >= 15 is 0 Å². The molecule has 2 rings (SSSR count). The summed E-state index contributed by atoms with van der Waals surface area (Å²) in [5.41, 5.74) is 1.03. The summed E-state index contributed by atoms with van der Waals surface area (Å²) >= 11 is 0. The Labute approximate surface area is 133 Å². The molecule has 1 heterocycles. The van der Waals surface area contributed by atoms with Crippen molar-refractivity contribution in [2.24, 2.45) is 0 Å². The van der Waals surface area contributed by atoms with Crippen LogP contribution < -0.4 is 0 Å². The number of furan rings is 1. The van der Waals surface area contributed by atoms with E-state index in [-0.39, 0.29) is 36.0 Å². The van der Waals surface area contributed by atoms with Gasteiger partial charge in [-0.2, -0.15) is 0 Å². The molecule has 0 saturated carbocycles. The summed E-state index contributed by atoms with van der Waals surface area (Å²) in [7, 11) is 0. The number of aryl methyl sites for hydroxylation is 1. The molecule has 23 heavy (non-hydrogen) atoms. The van der Waals surface area contributed by atoms with Crippen molar-refractivity contribution in [1.82, 2.24) is 0 Å². The smallest absolute Gasteiger partial charge is 0.374 e. The summed E-state index contributed by atoms with van der Waals surface area (Å²) in [6.07, 6.45) is 0. The van der Waals surface area contributed by atoms with Gasteiger partial charge in [-0.05, 0) is 38.5 Å². The quantitative estimate of drug-likeness (QED) is 0.851. The van der Waals surface area contributed by atoms with Crippen molar-refractivity contribution in [2.75, 3.05) is 13.2 Å². The van der Waals surface area contributed by atoms with E-state index in [0.29, 0.717) is 11.1 Å². The van der Waals surface area contributed by atoms with Gasteiger partial charge in [-0.15, -0.1) is 0 Å². The van der Waals surface area contributed by atoms with Crippen LogP contribution in [-0.2, 0) is 9.47 Å². The molecule has 122 valence electrons. The van der Waals surface area contributed by atoms with Gasteiger partial charge in [-0.3, -0.25) is 0 Å². The SMILES string of the molecule is CCOC(=O)c1oc(C)c(C(=O)OCC)c1-c1ccc(O)cc1.